The summed E-state index contributed by atoms with van der Waals surface area (Å²) in [6, 6.07) is 0. The summed E-state index contributed by atoms with van der Waals surface area (Å²) >= 11 is 0. The summed E-state index contributed by atoms with van der Waals surface area (Å²) in [6.07, 6.45) is 3.35. The van der Waals surface area contributed by atoms with Crippen LogP contribution >= 0.6 is 0 Å². The number of aliphatic hydroxyl groups is 1. The number of aliphatic hydroxyl groups excluding tert-OH is 1. The Morgan fingerprint density at radius 2 is 2.57 bits per heavy atom. The van der Waals surface area contributed by atoms with Gasteiger partial charge in [-0.1, -0.05) is 0 Å². The number of aromatic nitrogens is 3. The summed E-state index contributed by atoms with van der Waals surface area (Å²) in [6.45, 7) is 1.93. The van der Waals surface area contributed by atoms with E-state index < -0.39 is 6.10 Å². The zero-order valence-corrected chi connectivity index (χ0v) is 8.35. The van der Waals surface area contributed by atoms with Crippen LogP contribution in [0.3, 0.4) is 0 Å². The third-order valence-electron chi connectivity index (χ3n) is 2.70. The standard InChI is InChI=1S/C9H16N4O/c1-13-11-6-8(12-13)9(14)7-3-2-4-10-5-7/h6-7,9-10,14H,2-5H2,1H3. The summed E-state index contributed by atoms with van der Waals surface area (Å²) in [4.78, 5) is 1.48. The van der Waals surface area contributed by atoms with E-state index in [1.165, 1.54) is 4.80 Å². The number of nitrogens with one attached hydrogen (secondary N) is 1. The van der Waals surface area contributed by atoms with E-state index in [1.54, 1.807) is 13.2 Å². The molecule has 2 N–H and O–H groups in total. The highest BCUT2D eigenvalue weighted by Crippen LogP contribution is 2.25. The molecule has 0 bridgehead atoms. The summed E-state index contributed by atoms with van der Waals surface area (Å²) < 4.78 is 0. The summed E-state index contributed by atoms with van der Waals surface area (Å²) in [7, 11) is 1.76. The normalized spacial score (nSPS) is 24.9. The maximum atomic E-state index is 10.0. The largest absolute Gasteiger partial charge is 0.386 e. The molecular weight excluding hydrogens is 180 g/mol. The molecule has 78 valence electrons. The van der Waals surface area contributed by atoms with E-state index in [-0.39, 0.29) is 5.92 Å². The van der Waals surface area contributed by atoms with Crippen molar-refractivity contribution in [2.45, 2.75) is 18.9 Å². The Labute approximate surface area is 83.1 Å². The third-order valence-corrected chi connectivity index (χ3v) is 2.70. The van der Waals surface area contributed by atoms with Crippen LogP contribution in [0.15, 0.2) is 6.20 Å². The first-order valence-electron chi connectivity index (χ1n) is 5.02. The lowest BCUT2D eigenvalue weighted by atomic mass is 9.92. The van der Waals surface area contributed by atoms with Crippen LogP contribution < -0.4 is 5.32 Å². The van der Waals surface area contributed by atoms with Crippen molar-refractivity contribution in [3.63, 3.8) is 0 Å². The molecule has 0 radical (unpaired) electrons. The first kappa shape index (κ1) is 9.61. The molecular formula is C9H16N4O. The van der Waals surface area contributed by atoms with Crippen molar-refractivity contribution in [3.05, 3.63) is 11.9 Å². The molecule has 0 aromatic carbocycles. The molecule has 5 nitrogen and oxygen atoms in total. The molecule has 1 aliphatic rings. The van der Waals surface area contributed by atoms with E-state index in [1.807, 2.05) is 0 Å². The predicted octanol–water partition coefficient (Wildman–Crippen LogP) is -0.152. The van der Waals surface area contributed by atoms with Crippen LogP contribution in [0.25, 0.3) is 0 Å². The summed E-state index contributed by atoms with van der Waals surface area (Å²) in [5, 5.41) is 21.4. The lowest BCUT2D eigenvalue weighted by Crippen LogP contribution is -2.33. The van der Waals surface area contributed by atoms with Gasteiger partial charge in [0.05, 0.1) is 6.20 Å². The van der Waals surface area contributed by atoms with Crippen LogP contribution in [-0.2, 0) is 7.05 Å². The monoisotopic (exact) mass is 196 g/mol. The van der Waals surface area contributed by atoms with Crippen molar-refractivity contribution < 1.29 is 5.11 Å². The zero-order chi connectivity index (χ0) is 9.97. The Morgan fingerprint density at radius 3 is 3.14 bits per heavy atom. The molecule has 1 aliphatic heterocycles. The molecule has 2 unspecified atom stereocenters. The second-order valence-corrected chi connectivity index (χ2v) is 3.81. The van der Waals surface area contributed by atoms with Gasteiger partial charge in [0.2, 0.25) is 0 Å². The Balaban J connectivity index is 2.03. The van der Waals surface area contributed by atoms with Crippen LogP contribution in [0.1, 0.15) is 24.6 Å². The molecule has 1 aromatic rings. The fraction of sp³-hybridized carbons (Fsp3) is 0.778. The van der Waals surface area contributed by atoms with E-state index in [2.05, 4.69) is 15.5 Å². The van der Waals surface area contributed by atoms with Gasteiger partial charge in [-0.15, -0.1) is 0 Å². The quantitative estimate of drug-likeness (QED) is 0.690. The molecule has 0 saturated carbocycles. The van der Waals surface area contributed by atoms with E-state index >= 15 is 0 Å². The van der Waals surface area contributed by atoms with E-state index in [9.17, 15) is 5.11 Å². The molecule has 2 heterocycles. The second kappa shape index (κ2) is 4.06. The maximum absolute atomic E-state index is 10.0. The van der Waals surface area contributed by atoms with Gasteiger partial charge < -0.3 is 10.4 Å². The van der Waals surface area contributed by atoms with Gasteiger partial charge in [0.1, 0.15) is 11.8 Å². The Morgan fingerprint density at radius 1 is 1.71 bits per heavy atom. The highest BCUT2D eigenvalue weighted by molar-refractivity contribution is 4.99. The lowest BCUT2D eigenvalue weighted by Gasteiger charge is -2.25. The Hall–Kier alpha value is -0.940. The van der Waals surface area contributed by atoms with E-state index in [0.717, 1.165) is 25.9 Å². The van der Waals surface area contributed by atoms with Crippen molar-refractivity contribution >= 4 is 0 Å². The van der Waals surface area contributed by atoms with Gasteiger partial charge in [-0.05, 0) is 19.4 Å². The number of piperidine rings is 1. The average molecular weight is 196 g/mol. The molecule has 5 heteroatoms. The van der Waals surface area contributed by atoms with Crippen LogP contribution in [0.4, 0.5) is 0 Å². The number of nitrogens with zero attached hydrogens (tertiary/aromatic N) is 3. The fourth-order valence-corrected chi connectivity index (χ4v) is 1.89. The summed E-state index contributed by atoms with van der Waals surface area (Å²) in [5.41, 5.74) is 0.682. The predicted molar refractivity (Wildman–Crippen MR) is 51.6 cm³/mol. The van der Waals surface area contributed by atoms with Gasteiger partial charge >= 0.3 is 0 Å². The van der Waals surface area contributed by atoms with Gasteiger partial charge in [0, 0.05) is 19.5 Å². The highest BCUT2D eigenvalue weighted by Gasteiger charge is 2.24. The van der Waals surface area contributed by atoms with E-state index in [0.29, 0.717) is 5.69 Å². The Bertz CT molecular complexity index is 293. The third kappa shape index (κ3) is 1.93. The molecule has 0 amide bonds. The van der Waals surface area contributed by atoms with Crippen molar-refractivity contribution in [2.24, 2.45) is 13.0 Å². The molecule has 14 heavy (non-hydrogen) atoms. The minimum atomic E-state index is -0.475. The first-order valence-corrected chi connectivity index (χ1v) is 5.02. The van der Waals surface area contributed by atoms with Crippen LogP contribution in [0.5, 0.6) is 0 Å². The Kier molecular flexibility index (Phi) is 2.79. The minimum Gasteiger partial charge on any atom is -0.386 e. The van der Waals surface area contributed by atoms with Gasteiger partial charge in [0.15, 0.2) is 0 Å². The zero-order valence-electron chi connectivity index (χ0n) is 8.35. The number of hydrogen-bond donors (Lipinski definition) is 2. The highest BCUT2D eigenvalue weighted by atomic mass is 16.3. The average Bonchev–Trinajstić information content (AvgIpc) is 2.65. The molecule has 1 aromatic heterocycles. The molecule has 1 fully saturated rings. The number of aryl methyl sites for hydroxylation is 1. The van der Waals surface area contributed by atoms with Crippen LogP contribution in [0.2, 0.25) is 0 Å². The topological polar surface area (TPSA) is 63.0 Å². The molecule has 1 saturated heterocycles. The van der Waals surface area contributed by atoms with Crippen molar-refractivity contribution in [1.82, 2.24) is 20.3 Å². The van der Waals surface area contributed by atoms with E-state index in [4.69, 9.17) is 0 Å². The molecule has 2 rings (SSSR count). The molecule has 0 spiro atoms. The molecule has 2 atom stereocenters. The molecule has 0 aliphatic carbocycles. The van der Waals surface area contributed by atoms with Crippen molar-refractivity contribution in [1.29, 1.82) is 0 Å². The summed E-state index contributed by atoms with van der Waals surface area (Å²) in [5.74, 6) is 0.278. The number of hydrogen-bond acceptors (Lipinski definition) is 4. The van der Waals surface area contributed by atoms with Crippen molar-refractivity contribution in [3.8, 4) is 0 Å². The van der Waals surface area contributed by atoms with Crippen LogP contribution in [0, 0.1) is 5.92 Å². The lowest BCUT2D eigenvalue weighted by molar-refractivity contribution is 0.0878. The number of rotatable bonds is 2. The van der Waals surface area contributed by atoms with Crippen molar-refractivity contribution in [2.75, 3.05) is 13.1 Å². The second-order valence-electron chi connectivity index (χ2n) is 3.81. The first-order chi connectivity index (χ1) is 6.77. The minimum absolute atomic E-state index is 0.278. The van der Waals surface area contributed by atoms with Gasteiger partial charge in [-0.2, -0.15) is 15.0 Å². The van der Waals surface area contributed by atoms with Crippen LogP contribution in [-0.4, -0.2) is 33.2 Å². The smallest absolute Gasteiger partial charge is 0.111 e. The van der Waals surface area contributed by atoms with Gasteiger partial charge in [0.25, 0.3) is 0 Å². The van der Waals surface area contributed by atoms with Gasteiger partial charge in [-0.3, -0.25) is 0 Å². The maximum Gasteiger partial charge on any atom is 0.111 e. The SMILES string of the molecule is Cn1ncc(C(O)C2CCCNC2)n1. The fourth-order valence-electron chi connectivity index (χ4n) is 1.89. The van der Waals surface area contributed by atoms with Gasteiger partial charge in [-0.25, -0.2) is 0 Å².